The van der Waals surface area contributed by atoms with E-state index in [-0.39, 0.29) is 0 Å². The van der Waals surface area contributed by atoms with Gasteiger partial charge in [-0.15, -0.1) is 0 Å². The Morgan fingerprint density at radius 3 is 2.48 bits per heavy atom. The maximum Gasteiger partial charge on any atom is 0.0494 e. The first-order chi connectivity index (χ1) is 10.3. The fourth-order valence-electron chi connectivity index (χ4n) is 2.72. The lowest BCUT2D eigenvalue weighted by atomic mass is 10.1. The highest BCUT2D eigenvalue weighted by atomic mass is 15.0. The predicted molar refractivity (Wildman–Crippen MR) is 91.5 cm³/mol. The van der Waals surface area contributed by atoms with Crippen LogP contribution in [0.2, 0.25) is 0 Å². The van der Waals surface area contributed by atoms with E-state index < -0.39 is 0 Å². The van der Waals surface area contributed by atoms with Gasteiger partial charge in [-0.2, -0.15) is 0 Å². The third-order valence-electron chi connectivity index (χ3n) is 3.85. The smallest absolute Gasteiger partial charge is 0.0494 e. The zero-order valence-corrected chi connectivity index (χ0v) is 12.7. The topological polar surface area (TPSA) is 4.93 Å². The van der Waals surface area contributed by atoms with Crippen molar-refractivity contribution in [2.24, 2.45) is 0 Å². The van der Waals surface area contributed by atoms with Crippen molar-refractivity contribution in [3.05, 3.63) is 72.3 Å². The number of para-hydroxylation sites is 1. The molecule has 0 saturated heterocycles. The third kappa shape index (κ3) is 2.78. The number of nitrogens with zero attached hydrogens (tertiary/aromatic N) is 1. The van der Waals surface area contributed by atoms with Crippen molar-refractivity contribution in [2.75, 3.05) is 0 Å². The molecule has 0 fully saturated rings. The van der Waals surface area contributed by atoms with Crippen LogP contribution < -0.4 is 0 Å². The maximum atomic E-state index is 2.40. The van der Waals surface area contributed by atoms with Gasteiger partial charge in [0.15, 0.2) is 0 Å². The molecule has 1 nitrogen and oxygen atoms in total. The lowest BCUT2D eigenvalue weighted by Gasteiger charge is -2.09. The van der Waals surface area contributed by atoms with E-state index in [0.717, 1.165) is 13.0 Å². The Morgan fingerprint density at radius 2 is 1.71 bits per heavy atom. The number of aromatic nitrogens is 1. The first-order valence-corrected chi connectivity index (χ1v) is 7.60. The fraction of sp³-hybridized carbons (Fsp3) is 0.200. The number of allylic oxidation sites excluding steroid dienone is 2. The molecule has 2 aromatic carbocycles. The normalized spacial score (nSPS) is 11.5. The average Bonchev–Trinajstić information content (AvgIpc) is 2.87. The zero-order valence-electron chi connectivity index (χ0n) is 12.7. The Hall–Kier alpha value is -2.28. The van der Waals surface area contributed by atoms with Gasteiger partial charge >= 0.3 is 0 Å². The highest BCUT2D eigenvalue weighted by Crippen LogP contribution is 2.28. The van der Waals surface area contributed by atoms with Crippen molar-refractivity contribution in [2.45, 2.75) is 26.8 Å². The quantitative estimate of drug-likeness (QED) is 0.547. The molecule has 21 heavy (non-hydrogen) atoms. The monoisotopic (exact) mass is 275 g/mol. The summed E-state index contributed by atoms with van der Waals surface area (Å²) in [5, 5.41) is 1.30. The van der Waals surface area contributed by atoms with Crippen LogP contribution >= 0.6 is 0 Å². The van der Waals surface area contributed by atoms with Crippen LogP contribution in [-0.4, -0.2) is 4.57 Å². The van der Waals surface area contributed by atoms with E-state index in [1.54, 1.807) is 0 Å². The summed E-state index contributed by atoms with van der Waals surface area (Å²) in [6.45, 7) is 5.22. The van der Waals surface area contributed by atoms with Crippen molar-refractivity contribution < 1.29 is 0 Å². The van der Waals surface area contributed by atoms with Crippen LogP contribution in [0, 0.1) is 6.92 Å². The molecule has 0 atom stereocenters. The standard InChI is InChI=1S/C20H21N/c1-3-4-7-14-21-19-9-6-5-8-18(19)15-20(21)17-12-10-16(2)11-13-17/h4-13,15H,3,14H2,1-2H3. The van der Waals surface area contributed by atoms with E-state index in [1.807, 2.05) is 0 Å². The Balaban J connectivity index is 2.13. The summed E-state index contributed by atoms with van der Waals surface area (Å²) < 4.78 is 2.40. The summed E-state index contributed by atoms with van der Waals surface area (Å²) in [7, 11) is 0. The minimum absolute atomic E-state index is 0.921. The first-order valence-electron chi connectivity index (χ1n) is 7.60. The Morgan fingerprint density at radius 1 is 0.952 bits per heavy atom. The molecule has 0 spiro atoms. The van der Waals surface area contributed by atoms with E-state index in [0.29, 0.717) is 0 Å². The Labute approximate surface area is 126 Å². The molecule has 3 rings (SSSR count). The lowest BCUT2D eigenvalue weighted by Crippen LogP contribution is -1.97. The minimum Gasteiger partial charge on any atom is -0.337 e. The second-order valence-corrected chi connectivity index (χ2v) is 5.44. The molecule has 1 heteroatoms. The van der Waals surface area contributed by atoms with Gasteiger partial charge in [0.1, 0.15) is 0 Å². The minimum atomic E-state index is 0.921. The molecule has 1 aromatic heterocycles. The highest BCUT2D eigenvalue weighted by molar-refractivity contribution is 5.87. The average molecular weight is 275 g/mol. The van der Waals surface area contributed by atoms with Gasteiger partial charge in [-0.3, -0.25) is 0 Å². The molecule has 106 valence electrons. The van der Waals surface area contributed by atoms with Crippen molar-refractivity contribution in [3.63, 3.8) is 0 Å². The number of fused-ring (bicyclic) bond motifs is 1. The van der Waals surface area contributed by atoms with E-state index >= 15 is 0 Å². The van der Waals surface area contributed by atoms with E-state index in [1.165, 1.54) is 27.7 Å². The SMILES string of the molecule is CCC=CCn1c(-c2ccc(C)cc2)cc2ccccc21. The third-order valence-corrected chi connectivity index (χ3v) is 3.85. The Kier molecular flexibility index (Phi) is 3.92. The van der Waals surface area contributed by atoms with Gasteiger partial charge < -0.3 is 4.57 Å². The van der Waals surface area contributed by atoms with Crippen molar-refractivity contribution in [1.82, 2.24) is 4.57 Å². The van der Waals surface area contributed by atoms with E-state index in [4.69, 9.17) is 0 Å². The first kappa shape index (κ1) is 13.7. The molecule has 0 unspecified atom stereocenters. The number of hydrogen-bond acceptors (Lipinski definition) is 0. The van der Waals surface area contributed by atoms with Gasteiger partial charge in [0.2, 0.25) is 0 Å². The number of rotatable bonds is 4. The number of aryl methyl sites for hydroxylation is 1. The highest BCUT2D eigenvalue weighted by Gasteiger charge is 2.09. The van der Waals surface area contributed by atoms with Gasteiger partial charge in [-0.25, -0.2) is 0 Å². The number of benzene rings is 2. The summed E-state index contributed by atoms with van der Waals surface area (Å²) in [6, 6.07) is 19.7. The van der Waals surface area contributed by atoms with Crippen LogP contribution in [0.1, 0.15) is 18.9 Å². The van der Waals surface area contributed by atoms with Gasteiger partial charge in [-0.1, -0.05) is 67.1 Å². The summed E-state index contributed by atoms with van der Waals surface area (Å²) in [5.41, 5.74) is 5.17. The molecule has 0 aliphatic carbocycles. The molecule has 1 heterocycles. The van der Waals surface area contributed by atoms with Crippen molar-refractivity contribution in [3.8, 4) is 11.3 Å². The molecule has 3 aromatic rings. The maximum absolute atomic E-state index is 2.40. The van der Waals surface area contributed by atoms with Crippen LogP contribution in [0.4, 0.5) is 0 Å². The van der Waals surface area contributed by atoms with Crippen LogP contribution in [0.15, 0.2) is 66.7 Å². The van der Waals surface area contributed by atoms with Gasteiger partial charge in [0.05, 0.1) is 0 Å². The molecule has 0 aliphatic rings. The van der Waals surface area contributed by atoms with E-state index in [2.05, 4.69) is 85.2 Å². The van der Waals surface area contributed by atoms with Gasteiger partial charge in [0.25, 0.3) is 0 Å². The Bertz CT molecular complexity index is 760. The van der Waals surface area contributed by atoms with Crippen LogP contribution in [-0.2, 0) is 6.54 Å². The molecule has 0 amide bonds. The van der Waals surface area contributed by atoms with Crippen LogP contribution in [0.25, 0.3) is 22.2 Å². The molecule has 0 radical (unpaired) electrons. The lowest BCUT2D eigenvalue weighted by molar-refractivity contribution is 0.867. The largest absolute Gasteiger partial charge is 0.337 e. The van der Waals surface area contributed by atoms with Crippen LogP contribution in [0.3, 0.4) is 0 Å². The summed E-state index contributed by atoms with van der Waals surface area (Å²) in [5.74, 6) is 0. The summed E-state index contributed by atoms with van der Waals surface area (Å²) in [6.07, 6.45) is 5.57. The van der Waals surface area contributed by atoms with Crippen molar-refractivity contribution >= 4 is 10.9 Å². The molecule has 0 bridgehead atoms. The second-order valence-electron chi connectivity index (χ2n) is 5.44. The number of hydrogen-bond donors (Lipinski definition) is 0. The molecular weight excluding hydrogens is 254 g/mol. The molecule has 0 saturated carbocycles. The van der Waals surface area contributed by atoms with Crippen molar-refractivity contribution in [1.29, 1.82) is 0 Å². The van der Waals surface area contributed by atoms with Gasteiger partial charge in [-0.05, 0) is 31.0 Å². The summed E-state index contributed by atoms with van der Waals surface area (Å²) >= 11 is 0. The molecule has 0 aliphatic heterocycles. The molecule has 0 N–H and O–H groups in total. The van der Waals surface area contributed by atoms with Gasteiger partial charge in [0, 0.05) is 23.1 Å². The van der Waals surface area contributed by atoms with E-state index in [9.17, 15) is 0 Å². The second kappa shape index (κ2) is 6.01. The zero-order chi connectivity index (χ0) is 14.7. The predicted octanol–water partition coefficient (Wildman–Crippen LogP) is 5.58. The fourth-order valence-corrected chi connectivity index (χ4v) is 2.72. The summed E-state index contributed by atoms with van der Waals surface area (Å²) in [4.78, 5) is 0. The molecular formula is C20H21N. The van der Waals surface area contributed by atoms with Crippen LogP contribution in [0.5, 0.6) is 0 Å².